The van der Waals surface area contributed by atoms with E-state index in [0.717, 1.165) is 32.4 Å². The van der Waals surface area contributed by atoms with E-state index < -0.39 is 0 Å². The van der Waals surface area contributed by atoms with E-state index in [-0.39, 0.29) is 11.8 Å². The Labute approximate surface area is 168 Å². The largest absolute Gasteiger partial charge is 0.356 e. The van der Waals surface area contributed by atoms with Crippen LogP contribution in [0.3, 0.4) is 0 Å². The van der Waals surface area contributed by atoms with Crippen LogP contribution >= 0.6 is 0 Å². The lowest BCUT2D eigenvalue weighted by molar-refractivity contribution is -0.121. The third-order valence-electron chi connectivity index (χ3n) is 5.55. The van der Waals surface area contributed by atoms with Gasteiger partial charge >= 0.3 is 0 Å². The number of hydrogen-bond acceptors (Lipinski definition) is 1. The summed E-state index contributed by atoms with van der Waals surface area (Å²) >= 11 is 0. The molecule has 28 heavy (non-hydrogen) atoms. The maximum absolute atomic E-state index is 12.7. The third kappa shape index (κ3) is 4.30. The number of unbranched alkanes of at least 4 members (excludes halogenated alkanes) is 1. The predicted molar refractivity (Wildman–Crippen MR) is 118 cm³/mol. The molecule has 3 heteroatoms. The standard InChI is InChI=1S/C25H32N2O/c1-4-7-16-26-24(28)17-22(20-12-9-8-10-13-20)23-18-27(6-3)25-19(5-2)14-11-15-21(23)25/h8-15,18,22H,4-7,16-17H2,1-3H3,(H,26,28)/t22-/m0/s1. The zero-order chi connectivity index (χ0) is 19.9. The van der Waals surface area contributed by atoms with Gasteiger partial charge in [-0.15, -0.1) is 0 Å². The first-order valence-corrected chi connectivity index (χ1v) is 10.6. The van der Waals surface area contributed by atoms with E-state index in [2.05, 4.69) is 79.3 Å². The number of para-hydroxylation sites is 1. The monoisotopic (exact) mass is 376 g/mol. The van der Waals surface area contributed by atoms with E-state index >= 15 is 0 Å². The second kappa shape index (κ2) is 9.59. The van der Waals surface area contributed by atoms with Crippen LogP contribution in [0, 0.1) is 0 Å². The van der Waals surface area contributed by atoms with Gasteiger partial charge in [0.25, 0.3) is 0 Å². The van der Waals surface area contributed by atoms with E-state index in [1.54, 1.807) is 0 Å². The molecule has 148 valence electrons. The van der Waals surface area contributed by atoms with Gasteiger partial charge in [-0.25, -0.2) is 0 Å². The summed E-state index contributed by atoms with van der Waals surface area (Å²) < 4.78 is 2.34. The van der Waals surface area contributed by atoms with Crippen molar-refractivity contribution in [2.24, 2.45) is 0 Å². The zero-order valence-electron chi connectivity index (χ0n) is 17.4. The molecule has 0 aliphatic heterocycles. The number of fused-ring (bicyclic) bond motifs is 1. The molecule has 0 saturated heterocycles. The molecule has 2 aromatic carbocycles. The molecule has 3 nitrogen and oxygen atoms in total. The number of rotatable bonds is 9. The molecule has 1 aromatic heterocycles. The summed E-state index contributed by atoms with van der Waals surface area (Å²) in [5.41, 5.74) is 5.13. The van der Waals surface area contributed by atoms with E-state index in [9.17, 15) is 4.79 Å². The fourth-order valence-electron chi connectivity index (χ4n) is 4.03. The van der Waals surface area contributed by atoms with Gasteiger partial charge in [-0.05, 0) is 36.5 Å². The SMILES string of the molecule is CCCCNC(=O)C[C@@H](c1ccccc1)c1cn(CC)c2c(CC)cccc12. The molecule has 1 N–H and O–H groups in total. The molecular formula is C25H32N2O. The molecule has 0 aliphatic carbocycles. The molecule has 3 rings (SSSR count). The highest BCUT2D eigenvalue weighted by Crippen LogP contribution is 2.36. The molecule has 0 saturated carbocycles. The highest BCUT2D eigenvalue weighted by Gasteiger charge is 2.23. The highest BCUT2D eigenvalue weighted by molar-refractivity contribution is 5.89. The van der Waals surface area contributed by atoms with Crippen LogP contribution in [-0.4, -0.2) is 17.0 Å². The lowest BCUT2D eigenvalue weighted by atomic mass is 9.87. The van der Waals surface area contributed by atoms with Crippen molar-refractivity contribution in [1.29, 1.82) is 0 Å². The molecule has 1 amide bonds. The number of amides is 1. The number of benzene rings is 2. The van der Waals surface area contributed by atoms with Crippen LogP contribution in [0.4, 0.5) is 0 Å². The fourth-order valence-corrected chi connectivity index (χ4v) is 4.03. The zero-order valence-corrected chi connectivity index (χ0v) is 17.4. The van der Waals surface area contributed by atoms with Gasteiger partial charge in [0.2, 0.25) is 5.91 Å². The smallest absolute Gasteiger partial charge is 0.220 e. The van der Waals surface area contributed by atoms with Crippen LogP contribution in [-0.2, 0) is 17.8 Å². The van der Waals surface area contributed by atoms with E-state index in [0.29, 0.717) is 6.42 Å². The van der Waals surface area contributed by atoms with Crippen LogP contribution in [0.2, 0.25) is 0 Å². The quantitative estimate of drug-likeness (QED) is 0.480. The van der Waals surface area contributed by atoms with E-state index in [1.807, 2.05) is 6.07 Å². The van der Waals surface area contributed by atoms with Gasteiger partial charge in [0.1, 0.15) is 0 Å². The molecule has 1 heterocycles. The Balaban J connectivity index is 2.04. The highest BCUT2D eigenvalue weighted by atomic mass is 16.1. The normalized spacial score (nSPS) is 12.2. The van der Waals surface area contributed by atoms with Gasteiger partial charge < -0.3 is 9.88 Å². The van der Waals surface area contributed by atoms with Crippen LogP contribution < -0.4 is 5.32 Å². The van der Waals surface area contributed by atoms with Crippen molar-refractivity contribution in [3.63, 3.8) is 0 Å². The summed E-state index contributed by atoms with van der Waals surface area (Å²) in [7, 11) is 0. The number of nitrogens with one attached hydrogen (secondary N) is 1. The second-order valence-electron chi connectivity index (χ2n) is 7.41. The van der Waals surface area contributed by atoms with Gasteiger partial charge in [0.05, 0.1) is 5.52 Å². The second-order valence-corrected chi connectivity index (χ2v) is 7.41. The molecule has 0 bridgehead atoms. The minimum atomic E-state index is 0.0604. The number of carbonyl (C=O) groups excluding carboxylic acids is 1. The van der Waals surface area contributed by atoms with Crippen molar-refractivity contribution in [2.45, 2.75) is 58.9 Å². The summed E-state index contributed by atoms with van der Waals surface area (Å²) in [6.07, 6.45) is 5.87. The number of aromatic nitrogens is 1. The molecule has 0 radical (unpaired) electrons. The molecule has 1 atom stereocenters. The van der Waals surface area contributed by atoms with Crippen LogP contribution in [0.15, 0.2) is 54.7 Å². The summed E-state index contributed by atoms with van der Waals surface area (Å²) in [6.45, 7) is 8.22. The fraction of sp³-hybridized carbons (Fsp3) is 0.400. The maximum Gasteiger partial charge on any atom is 0.220 e. The average Bonchev–Trinajstić information content (AvgIpc) is 3.11. The van der Waals surface area contributed by atoms with E-state index in [4.69, 9.17) is 0 Å². The Morgan fingerprint density at radius 2 is 1.82 bits per heavy atom. The lowest BCUT2D eigenvalue weighted by Gasteiger charge is -2.17. The third-order valence-corrected chi connectivity index (χ3v) is 5.55. The lowest BCUT2D eigenvalue weighted by Crippen LogP contribution is -2.26. The molecule has 0 spiro atoms. The Bertz CT molecular complexity index is 911. The minimum absolute atomic E-state index is 0.0604. The summed E-state index contributed by atoms with van der Waals surface area (Å²) in [5.74, 6) is 0.191. The van der Waals surface area contributed by atoms with Gasteiger partial charge in [-0.3, -0.25) is 4.79 Å². The predicted octanol–water partition coefficient (Wildman–Crippen LogP) is 5.66. The van der Waals surface area contributed by atoms with E-state index in [1.165, 1.54) is 27.6 Å². The number of nitrogens with zero attached hydrogens (tertiary/aromatic N) is 1. The van der Waals surface area contributed by atoms with Gasteiger partial charge in [0, 0.05) is 37.0 Å². The van der Waals surface area contributed by atoms with Crippen LogP contribution in [0.1, 0.15) is 62.6 Å². The van der Waals surface area contributed by atoms with Gasteiger partial charge in [0.15, 0.2) is 0 Å². The summed E-state index contributed by atoms with van der Waals surface area (Å²) in [4.78, 5) is 12.7. The topological polar surface area (TPSA) is 34.0 Å². The number of hydrogen-bond donors (Lipinski definition) is 1. The first-order chi connectivity index (χ1) is 13.7. The maximum atomic E-state index is 12.7. The average molecular weight is 377 g/mol. The van der Waals surface area contributed by atoms with Gasteiger partial charge in [-0.2, -0.15) is 0 Å². The molecule has 0 aliphatic rings. The molecular weight excluding hydrogens is 344 g/mol. The van der Waals surface area contributed by atoms with Crippen molar-refractivity contribution in [1.82, 2.24) is 9.88 Å². The van der Waals surface area contributed by atoms with Crippen molar-refractivity contribution in [3.8, 4) is 0 Å². The molecule has 3 aromatic rings. The first kappa shape index (κ1) is 20.2. The Morgan fingerprint density at radius 1 is 1.04 bits per heavy atom. The molecule has 0 unspecified atom stereocenters. The molecule has 0 fully saturated rings. The minimum Gasteiger partial charge on any atom is -0.356 e. The van der Waals surface area contributed by atoms with Crippen LogP contribution in [0.25, 0.3) is 10.9 Å². The Kier molecular flexibility index (Phi) is 6.91. The van der Waals surface area contributed by atoms with Crippen molar-refractivity contribution in [3.05, 3.63) is 71.4 Å². The summed E-state index contributed by atoms with van der Waals surface area (Å²) in [6, 6.07) is 17.0. The van der Waals surface area contributed by atoms with Crippen molar-refractivity contribution in [2.75, 3.05) is 6.54 Å². The summed E-state index contributed by atoms with van der Waals surface area (Å²) in [5, 5.41) is 4.37. The number of aryl methyl sites for hydroxylation is 2. The number of carbonyl (C=O) groups is 1. The van der Waals surface area contributed by atoms with Crippen molar-refractivity contribution < 1.29 is 4.79 Å². The first-order valence-electron chi connectivity index (χ1n) is 10.6. The Hall–Kier alpha value is -2.55. The Morgan fingerprint density at radius 3 is 2.50 bits per heavy atom. The van der Waals surface area contributed by atoms with Gasteiger partial charge in [-0.1, -0.05) is 68.8 Å². The van der Waals surface area contributed by atoms with Crippen molar-refractivity contribution >= 4 is 16.8 Å². The van der Waals surface area contributed by atoms with Crippen LogP contribution in [0.5, 0.6) is 0 Å².